The normalized spacial score (nSPS) is 33.2. The minimum absolute atomic E-state index is 0. The van der Waals surface area contributed by atoms with Crippen LogP contribution in [0.5, 0.6) is 0 Å². The molecule has 3 N–H and O–H groups in total. The van der Waals surface area contributed by atoms with Gasteiger partial charge in [-0.15, -0.1) is 12.4 Å². The summed E-state index contributed by atoms with van der Waals surface area (Å²) in [5.41, 5.74) is 7.10. The van der Waals surface area contributed by atoms with Gasteiger partial charge in [-0.2, -0.15) is 0 Å². The fourth-order valence-corrected chi connectivity index (χ4v) is 5.12. The molecule has 0 saturated heterocycles. The second kappa shape index (κ2) is 6.97. The standard InChI is InChI=1S/C19H25BrN2O.ClH/c20-15-6-4-14(5-7-15)19(8-9-19)18(23)22-17-12-2-1-3-13(17)11-16(21)10-12;/h4-7,12-13,16-17H,1-3,8-11,21H2,(H,22,23);1H. The molecule has 5 heteroatoms. The zero-order chi connectivity index (χ0) is 16.0. The number of benzene rings is 1. The molecule has 3 saturated carbocycles. The maximum absolute atomic E-state index is 13.0. The number of fused-ring (bicyclic) bond motifs is 2. The van der Waals surface area contributed by atoms with E-state index in [0.717, 1.165) is 35.7 Å². The number of hydrogen-bond acceptors (Lipinski definition) is 2. The Morgan fingerprint density at radius 3 is 2.25 bits per heavy atom. The molecule has 0 aliphatic heterocycles. The zero-order valence-electron chi connectivity index (χ0n) is 13.8. The maximum Gasteiger partial charge on any atom is 0.230 e. The van der Waals surface area contributed by atoms with Crippen LogP contribution in [0.15, 0.2) is 28.7 Å². The van der Waals surface area contributed by atoms with Crippen LogP contribution in [0, 0.1) is 11.8 Å². The van der Waals surface area contributed by atoms with Gasteiger partial charge >= 0.3 is 0 Å². The van der Waals surface area contributed by atoms with Gasteiger partial charge in [0.05, 0.1) is 5.41 Å². The summed E-state index contributed by atoms with van der Waals surface area (Å²) >= 11 is 3.48. The van der Waals surface area contributed by atoms with Crippen molar-refractivity contribution < 1.29 is 4.79 Å². The van der Waals surface area contributed by atoms with Gasteiger partial charge < -0.3 is 11.1 Å². The Labute approximate surface area is 158 Å². The zero-order valence-corrected chi connectivity index (χ0v) is 16.2. The van der Waals surface area contributed by atoms with Crippen molar-refractivity contribution in [2.45, 2.75) is 62.4 Å². The number of nitrogens with one attached hydrogen (secondary N) is 1. The van der Waals surface area contributed by atoms with Crippen molar-refractivity contribution >= 4 is 34.2 Å². The number of rotatable bonds is 3. The summed E-state index contributed by atoms with van der Waals surface area (Å²) in [5.74, 6) is 1.42. The summed E-state index contributed by atoms with van der Waals surface area (Å²) in [6.07, 6.45) is 7.84. The second-order valence-corrected chi connectivity index (χ2v) is 8.69. The highest BCUT2D eigenvalue weighted by molar-refractivity contribution is 9.10. The van der Waals surface area contributed by atoms with Gasteiger partial charge in [-0.25, -0.2) is 0 Å². The van der Waals surface area contributed by atoms with Gasteiger partial charge in [0.25, 0.3) is 0 Å². The van der Waals surface area contributed by atoms with E-state index in [1.165, 1.54) is 19.3 Å². The molecule has 4 rings (SSSR count). The minimum atomic E-state index is -0.269. The third-order valence-electron chi connectivity index (χ3n) is 6.26. The molecule has 24 heavy (non-hydrogen) atoms. The van der Waals surface area contributed by atoms with Crippen LogP contribution < -0.4 is 11.1 Å². The summed E-state index contributed by atoms with van der Waals surface area (Å²) in [5, 5.41) is 3.45. The largest absolute Gasteiger partial charge is 0.352 e. The average Bonchev–Trinajstić information content (AvgIpc) is 3.30. The van der Waals surface area contributed by atoms with E-state index in [0.29, 0.717) is 23.9 Å². The third kappa shape index (κ3) is 3.25. The van der Waals surface area contributed by atoms with E-state index in [1.807, 2.05) is 12.1 Å². The molecule has 1 aromatic carbocycles. The predicted octanol–water partition coefficient (Wildman–Crippen LogP) is 3.92. The van der Waals surface area contributed by atoms with Gasteiger partial charge in [0.1, 0.15) is 0 Å². The van der Waals surface area contributed by atoms with Gasteiger partial charge in [-0.05, 0) is 68.1 Å². The Morgan fingerprint density at radius 2 is 1.71 bits per heavy atom. The SMILES string of the molecule is Cl.NC1CC2CCCC(C1)C2NC(=O)C1(c2ccc(Br)cc2)CC1. The van der Waals surface area contributed by atoms with Crippen LogP contribution in [0.4, 0.5) is 0 Å². The van der Waals surface area contributed by atoms with E-state index < -0.39 is 0 Å². The summed E-state index contributed by atoms with van der Waals surface area (Å²) in [6.45, 7) is 0. The Morgan fingerprint density at radius 1 is 1.12 bits per heavy atom. The van der Waals surface area contributed by atoms with Gasteiger partial charge in [0, 0.05) is 16.6 Å². The molecule has 3 nitrogen and oxygen atoms in total. The van der Waals surface area contributed by atoms with Crippen LogP contribution in [0.1, 0.15) is 50.5 Å². The lowest BCUT2D eigenvalue weighted by Gasteiger charge is -2.45. The second-order valence-electron chi connectivity index (χ2n) is 7.77. The van der Waals surface area contributed by atoms with Crippen molar-refractivity contribution in [3.63, 3.8) is 0 Å². The van der Waals surface area contributed by atoms with E-state index in [-0.39, 0.29) is 23.7 Å². The lowest BCUT2D eigenvalue weighted by atomic mass is 9.67. The number of carbonyl (C=O) groups excluding carboxylic acids is 1. The smallest absolute Gasteiger partial charge is 0.230 e. The summed E-state index contributed by atoms with van der Waals surface area (Å²) < 4.78 is 1.06. The van der Waals surface area contributed by atoms with Crippen molar-refractivity contribution in [2.24, 2.45) is 17.6 Å². The lowest BCUT2D eigenvalue weighted by Crippen LogP contribution is -2.55. The Balaban J connectivity index is 0.00000169. The number of halogens is 2. The first-order valence-electron chi connectivity index (χ1n) is 8.91. The van der Waals surface area contributed by atoms with Crippen LogP contribution in [0.2, 0.25) is 0 Å². The Bertz CT molecular complexity index is 588. The van der Waals surface area contributed by atoms with Crippen LogP contribution >= 0.6 is 28.3 Å². The van der Waals surface area contributed by atoms with Crippen molar-refractivity contribution in [2.75, 3.05) is 0 Å². The molecule has 0 spiro atoms. The van der Waals surface area contributed by atoms with E-state index in [4.69, 9.17) is 5.73 Å². The molecule has 0 radical (unpaired) electrons. The molecule has 3 aliphatic carbocycles. The van der Waals surface area contributed by atoms with Crippen molar-refractivity contribution in [3.8, 4) is 0 Å². The number of carbonyl (C=O) groups is 1. The van der Waals surface area contributed by atoms with E-state index in [1.54, 1.807) is 0 Å². The fraction of sp³-hybridized carbons (Fsp3) is 0.632. The first-order chi connectivity index (χ1) is 11.1. The van der Waals surface area contributed by atoms with E-state index in [9.17, 15) is 4.79 Å². The van der Waals surface area contributed by atoms with Gasteiger partial charge in [-0.3, -0.25) is 4.79 Å². The highest BCUT2D eigenvalue weighted by Crippen LogP contribution is 2.49. The molecule has 2 bridgehead atoms. The monoisotopic (exact) mass is 412 g/mol. The number of hydrogen-bond donors (Lipinski definition) is 2. The number of nitrogens with two attached hydrogens (primary N) is 1. The average molecular weight is 414 g/mol. The third-order valence-corrected chi connectivity index (χ3v) is 6.78. The van der Waals surface area contributed by atoms with E-state index in [2.05, 4.69) is 33.4 Å². The van der Waals surface area contributed by atoms with Crippen LogP contribution in [0.3, 0.4) is 0 Å². The Hall–Kier alpha value is -0.580. The van der Waals surface area contributed by atoms with Crippen LogP contribution in [-0.4, -0.2) is 18.0 Å². The van der Waals surface area contributed by atoms with Crippen molar-refractivity contribution in [3.05, 3.63) is 34.3 Å². The van der Waals surface area contributed by atoms with Crippen LogP contribution in [-0.2, 0) is 10.2 Å². The quantitative estimate of drug-likeness (QED) is 0.789. The molecular formula is C19H26BrClN2O. The molecule has 0 aromatic heterocycles. The molecule has 132 valence electrons. The topological polar surface area (TPSA) is 55.1 Å². The van der Waals surface area contributed by atoms with Crippen molar-refractivity contribution in [1.82, 2.24) is 5.32 Å². The number of amides is 1. The molecule has 1 amide bonds. The van der Waals surface area contributed by atoms with Crippen LogP contribution in [0.25, 0.3) is 0 Å². The molecule has 0 heterocycles. The summed E-state index contributed by atoms with van der Waals surface area (Å²) in [7, 11) is 0. The first kappa shape index (κ1) is 18.2. The molecular weight excluding hydrogens is 388 g/mol. The maximum atomic E-state index is 13.0. The van der Waals surface area contributed by atoms with Crippen molar-refractivity contribution in [1.29, 1.82) is 0 Å². The molecule has 3 aliphatic rings. The highest BCUT2D eigenvalue weighted by Gasteiger charge is 2.52. The molecule has 3 fully saturated rings. The highest BCUT2D eigenvalue weighted by atomic mass is 79.9. The molecule has 2 unspecified atom stereocenters. The predicted molar refractivity (Wildman–Crippen MR) is 102 cm³/mol. The summed E-state index contributed by atoms with van der Waals surface area (Å²) in [6, 6.07) is 8.94. The summed E-state index contributed by atoms with van der Waals surface area (Å²) in [4.78, 5) is 13.0. The molecule has 1 aromatic rings. The molecule has 2 atom stereocenters. The Kier molecular flexibility index (Phi) is 5.29. The first-order valence-corrected chi connectivity index (χ1v) is 9.70. The van der Waals surface area contributed by atoms with Gasteiger partial charge in [0.15, 0.2) is 0 Å². The van der Waals surface area contributed by atoms with Gasteiger partial charge in [0.2, 0.25) is 5.91 Å². The minimum Gasteiger partial charge on any atom is -0.352 e. The lowest BCUT2D eigenvalue weighted by molar-refractivity contribution is -0.126. The van der Waals surface area contributed by atoms with Gasteiger partial charge in [-0.1, -0.05) is 34.5 Å². The fourth-order valence-electron chi connectivity index (χ4n) is 4.86. The van der Waals surface area contributed by atoms with E-state index >= 15 is 0 Å².